The molecule has 0 fully saturated rings. The van der Waals surface area contributed by atoms with E-state index in [0.29, 0.717) is 33.8 Å². The van der Waals surface area contributed by atoms with Gasteiger partial charge in [0.25, 0.3) is 0 Å². The molecule has 4 rings (SSSR count). The molecule has 0 amide bonds. The number of carboxylic acid groups (broad SMARTS) is 2. The highest BCUT2D eigenvalue weighted by molar-refractivity contribution is 7.98. The van der Waals surface area contributed by atoms with Crippen molar-refractivity contribution in [3.8, 4) is 53.1 Å². The van der Waals surface area contributed by atoms with Crippen LogP contribution in [0.1, 0.15) is 59.2 Å². The molecule has 0 radical (unpaired) electrons. The Labute approximate surface area is 306 Å². The normalized spacial score (nSPS) is 9.57. The summed E-state index contributed by atoms with van der Waals surface area (Å²) in [5.74, 6) is 15.7. The smallest absolute Gasteiger partial charge is 0.341 e. The minimum absolute atomic E-state index is 0.267. The zero-order valence-corrected chi connectivity index (χ0v) is 30.1. The Hall–Kier alpha value is -5.78. The molecule has 0 aromatic heterocycles. The molecule has 0 saturated carbocycles. The van der Waals surface area contributed by atoms with E-state index in [1.165, 1.54) is 23.4 Å². The lowest BCUT2D eigenvalue weighted by molar-refractivity contribution is -0.140. The summed E-state index contributed by atoms with van der Waals surface area (Å²) in [6.45, 7) is 2.89. The van der Waals surface area contributed by atoms with Crippen molar-refractivity contribution in [3.05, 3.63) is 118 Å². The van der Waals surface area contributed by atoms with Crippen LogP contribution in [-0.2, 0) is 16.0 Å². The summed E-state index contributed by atoms with van der Waals surface area (Å²) >= 11 is 3.15. The standard InChI is InChI=1S/C21H19NO3S.C20H15FO3S/c1-3-4-16-8-9-19(26-2)12-17(16)6-7-18-11-15(13-22)5-10-20(18)25-14-21(23)24;1-3-4-14-5-10-19(24-13-20(22)23)16(11-14)7-6-15-12-17(25-2)8-9-18(15)21/h5,8-12H,3-4,14H2,1-2H3,(H,23,24);5,8-12H,13H2,1-2H3,(H,22,23). The van der Waals surface area contributed by atoms with Crippen molar-refractivity contribution in [1.29, 1.82) is 5.26 Å². The Morgan fingerprint density at radius 3 is 1.75 bits per heavy atom. The summed E-state index contributed by atoms with van der Waals surface area (Å²) in [4.78, 5) is 23.5. The van der Waals surface area contributed by atoms with Crippen molar-refractivity contribution in [2.24, 2.45) is 0 Å². The SMILES string of the molecule is CC#Cc1ccc(OCC(=O)O)c(C#Cc2cc(SC)ccc2F)c1.CCCc1ccc(SC)cc1C#Cc1cc(C#N)ccc1OCC(=O)O. The first-order valence-corrected chi connectivity index (χ1v) is 17.9. The molecule has 0 aliphatic heterocycles. The summed E-state index contributed by atoms with van der Waals surface area (Å²) in [5, 5.41) is 26.7. The number of halogens is 1. The number of ether oxygens (including phenoxy) is 2. The summed E-state index contributed by atoms with van der Waals surface area (Å²) in [5.41, 5.74) is 4.49. The molecule has 0 saturated heterocycles. The van der Waals surface area contributed by atoms with Crippen LogP contribution in [0, 0.1) is 52.7 Å². The average Bonchev–Trinajstić information content (AvgIpc) is 3.13. The number of carboxylic acids is 2. The minimum atomic E-state index is -1.09. The van der Waals surface area contributed by atoms with Gasteiger partial charge in [0.15, 0.2) is 13.2 Å². The third kappa shape index (κ3) is 12.9. The highest BCUT2D eigenvalue weighted by Crippen LogP contribution is 2.23. The molecule has 0 unspecified atom stereocenters. The predicted molar refractivity (Wildman–Crippen MR) is 199 cm³/mol. The third-order valence-corrected chi connectivity index (χ3v) is 8.18. The molecule has 0 spiro atoms. The van der Waals surface area contributed by atoms with Crippen molar-refractivity contribution >= 4 is 35.5 Å². The summed E-state index contributed by atoms with van der Waals surface area (Å²) in [7, 11) is 0. The fraction of sp³-hybridized carbons (Fsp3) is 0.195. The topological polar surface area (TPSA) is 117 Å². The van der Waals surface area contributed by atoms with Gasteiger partial charge in [-0.3, -0.25) is 0 Å². The Morgan fingerprint density at radius 2 is 1.22 bits per heavy atom. The maximum Gasteiger partial charge on any atom is 0.341 e. The first kappa shape index (κ1) is 39.7. The van der Waals surface area contributed by atoms with Crippen LogP contribution in [-0.4, -0.2) is 47.9 Å². The lowest BCUT2D eigenvalue weighted by Crippen LogP contribution is -2.10. The number of thioether (sulfide) groups is 2. The summed E-state index contributed by atoms with van der Waals surface area (Å²) in [6.07, 6.45) is 5.86. The number of aryl methyl sites for hydroxylation is 1. The van der Waals surface area contributed by atoms with Gasteiger partial charge < -0.3 is 19.7 Å². The summed E-state index contributed by atoms with van der Waals surface area (Å²) < 4.78 is 24.5. The van der Waals surface area contributed by atoms with E-state index in [-0.39, 0.29) is 5.56 Å². The molecule has 10 heteroatoms. The third-order valence-electron chi connectivity index (χ3n) is 6.73. The predicted octanol–water partition coefficient (Wildman–Crippen LogP) is 7.88. The molecular formula is C41H34FNO6S2. The second-order valence-corrected chi connectivity index (χ2v) is 12.2. The lowest BCUT2D eigenvalue weighted by atomic mass is 10.0. The van der Waals surface area contributed by atoms with Crippen LogP contribution in [0.4, 0.5) is 4.39 Å². The van der Waals surface area contributed by atoms with Crippen LogP contribution in [0.15, 0.2) is 82.6 Å². The van der Waals surface area contributed by atoms with E-state index in [1.807, 2.05) is 12.5 Å². The van der Waals surface area contributed by atoms with E-state index in [2.05, 4.69) is 66.7 Å². The highest BCUT2D eigenvalue weighted by atomic mass is 32.2. The minimum Gasteiger partial charge on any atom is -0.481 e. The maximum atomic E-state index is 13.9. The second kappa shape index (κ2) is 20.7. The molecule has 4 aromatic carbocycles. The van der Waals surface area contributed by atoms with Crippen LogP contribution in [0.5, 0.6) is 11.5 Å². The van der Waals surface area contributed by atoms with E-state index in [0.717, 1.165) is 28.2 Å². The summed E-state index contributed by atoms with van der Waals surface area (Å²) in [6, 6.07) is 22.8. The van der Waals surface area contributed by atoms with E-state index in [1.54, 1.807) is 67.2 Å². The van der Waals surface area contributed by atoms with E-state index in [9.17, 15) is 14.0 Å². The van der Waals surface area contributed by atoms with E-state index < -0.39 is 31.0 Å². The zero-order chi connectivity index (χ0) is 37.2. The zero-order valence-electron chi connectivity index (χ0n) is 28.4. The van der Waals surface area contributed by atoms with Gasteiger partial charge in [-0.15, -0.1) is 29.4 Å². The van der Waals surface area contributed by atoms with Gasteiger partial charge in [-0.25, -0.2) is 14.0 Å². The van der Waals surface area contributed by atoms with Gasteiger partial charge in [-0.1, -0.05) is 49.0 Å². The Morgan fingerprint density at radius 1 is 0.706 bits per heavy atom. The van der Waals surface area contributed by atoms with Crippen molar-refractivity contribution < 1.29 is 33.7 Å². The number of hydrogen-bond donors (Lipinski definition) is 2. The van der Waals surface area contributed by atoms with Gasteiger partial charge in [0.2, 0.25) is 0 Å². The molecule has 4 aromatic rings. The molecule has 0 heterocycles. The molecule has 0 atom stereocenters. The van der Waals surface area contributed by atoms with Crippen molar-refractivity contribution in [2.45, 2.75) is 36.5 Å². The Kier molecular flexibility index (Phi) is 16.1. The number of nitrogens with zero attached hydrogens (tertiary/aromatic N) is 1. The first-order chi connectivity index (χ1) is 24.6. The molecule has 258 valence electrons. The number of benzene rings is 4. The van der Waals surface area contributed by atoms with Crippen LogP contribution in [0.25, 0.3) is 0 Å². The van der Waals surface area contributed by atoms with Gasteiger partial charge in [0.05, 0.1) is 28.3 Å². The monoisotopic (exact) mass is 719 g/mol. The van der Waals surface area contributed by atoms with Gasteiger partial charge >= 0.3 is 11.9 Å². The quantitative estimate of drug-likeness (QED) is 0.125. The molecule has 7 nitrogen and oxygen atoms in total. The molecule has 51 heavy (non-hydrogen) atoms. The van der Waals surface area contributed by atoms with Crippen LogP contribution in [0.3, 0.4) is 0 Å². The van der Waals surface area contributed by atoms with Gasteiger partial charge in [0, 0.05) is 20.9 Å². The highest BCUT2D eigenvalue weighted by Gasteiger charge is 2.08. The van der Waals surface area contributed by atoms with Crippen molar-refractivity contribution in [3.63, 3.8) is 0 Å². The van der Waals surface area contributed by atoms with Gasteiger partial charge in [-0.05, 0) is 98.1 Å². The van der Waals surface area contributed by atoms with E-state index >= 15 is 0 Å². The van der Waals surface area contributed by atoms with Gasteiger partial charge in [-0.2, -0.15) is 5.26 Å². The largest absolute Gasteiger partial charge is 0.481 e. The first-order valence-electron chi connectivity index (χ1n) is 15.4. The van der Waals surface area contributed by atoms with Gasteiger partial charge in [0.1, 0.15) is 17.3 Å². The van der Waals surface area contributed by atoms with Crippen molar-refractivity contribution in [1.82, 2.24) is 0 Å². The number of rotatable bonds is 10. The molecular weight excluding hydrogens is 686 g/mol. The number of nitriles is 1. The number of aliphatic carboxylic acids is 2. The number of hydrogen-bond acceptors (Lipinski definition) is 7. The average molecular weight is 720 g/mol. The number of carbonyl (C=O) groups is 2. The fourth-order valence-corrected chi connectivity index (χ4v) is 5.24. The fourth-order valence-electron chi connectivity index (χ4n) is 4.36. The molecule has 0 aliphatic carbocycles. The Bertz CT molecular complexity index is 2120. The molecule has 0 aliphatic rings. The van der Waals surface area contributed by atoms with Crippen LogP contribution >= 0.6 is 23.5 Å². The Balaban J connectivity index is 0.000000276. The maximum absolute atomic E-state index is 13.9. The molecule has 0 bridgehead atoms. The molecule has 2 N–H and O–H groups in total. The lowest BCUT2D eigenvalue weighted by Gasteiger charge is -2.07. The second-order valence-electron chi connectivity index (χ2n) is 10.4. The van der Waals surface area contributed by atoms with Crippen molar-refractivity contribution in [2.75, 3.05) is 25.7 Å². The van der Waals surface area contributed by atoms with Crippen LogP contribution < -0.4 is 9.47 Å². The van der Waals surface area contributed by atoms with E-state index in [4.69, 9.17) is 24.9 Å². The van der Waals surface area contributed by atoms with Crippen LogP contribution in [0.2, 0.25) is 0 Å².